The minimum absolute atomic E-state index is 0.158. The average Bonchev–Trinajstić information content (AvgIpc) is 2.50. The molecule has 0 aliphatic heterocycles. The summed E-state index contributed by atoms with van der Waals surface area (Å²) >= 11 is 2.28. The quantitative estimate of drug-likeness (QED) is 0.578. The van der Waals surface area contributed by atoms with Gasteiger partial charge in [0.2, 0.25) is 0 Å². The Morgan fingerprint density at radius 1 is 1.05 bits per heavy atom. The van der Waals surface area contributed by atoms with Crippen molar-refractivity contribution in [2.24, 2.45) is 0 Å². The Kier molecular flexibility index (Phi) is 5.45. The van der Waals surface area contributed by atoms with Crippen LogP contribution in [-0.4, -0.2) is 13.7 Å². The Labute approximate surface area is 133 Å². The zero-order valence-electron chi connectivity index (χ0n) is 11.2. The van der Waals surface area contributed by atoms with E-state index in [1.165, 1.54) is 3.57 Å². The van der Waals surface area contributed by atoms with Crippen LogP contribution in [0.15, 0.2) is 48.5 Å². The van der Waals surface area contributed by atoms with Crippen molar-refractivity contribution < 1.29 is 9.47 Å². The maximum atomic E-state index is 5.80. The Hall–Kier alpha value is -1.51. The van der Waals surface area contributed by atoms with Crippen LogP contribution in [-0.2, 0) is 4.74 Å². The number of methoxy groups -OCH3 is 1. The Balaban J connectivity index is 2.30. The van der Waals surface area contributed by atoms with E-state index in [0.29, 0.717) is 0 Å². The van der Waals surface area contributed by atoms with Gasteiger partial charge in [-0.15, -0.1) is 6.42 Å². The third kappa shape index (κ3) is 3.75. The lowest BCUT2D eigenvalue weighted by Crippen LogP contribution is -2.06. The van der Waals surface area contributed by atoms with Gasteiger partial charge in [0.1, 0.15) is 18.5 Å². The first kappa shape index (κ1) is 14.9. The summed E-state index contributed by atoms with van der Waals surface area (Å²) in [6.45, 7) is 0.280. The number of benzene rings is 2. The second-order valence-electron chi connectivity index (χ2n) is 4.22. The van der Waals surface area contributed by atoms with Crippen molar-refractivity contribution in [1.82, 2.24) is 0 Å². The molecule has 0 radical (unpaired) electrons. The van der Waals surface area contributed by atoms with Gasteiger partial charge in [-0.3, -0.25) is 0 Å². The van der Waals surface area contributed by atoms with Crippen molar-refractivity contribution >= 4 is 22.6 Å². The number of halogens is 1. The predicted molar refractivity (Wildman–Crippen MR) is 88.8 cm³/mol. The van der Waals surface area contributed by atoms with Crippen LogP contribution in [0, 0.1) is 15.9 Å². The SMILES string of the molecule is C#CCOC(c1ccc(I)cc1)c1ccc(OC)cc1. The van der Waals surface area contributed by atoms with E-state index < -0.39 is 0 Å². The molecular formula is C17H15IO2. The van der Waals surface area contributed by atoms with Gasteiger partial charge in [0.05, 0.1) is 7.11 Å². The largest absolute Gasteiger partial charge is 0.497 e. The van der Waals surface area contributed by atoms with Crippen molar-refractivity contribution in [3.8, 4) is 18.1 Å². The number of ether oxygens (including phenoxy) is 2. The van der Waals surface area contributed by atoms with E-state index in [0.717, 1.165) is 16.9 Å². The zero-order valence-corrected chi connectivity index (χ0v) is 13.3. The molecule has 0 amide bonds. The van der Waals surface area contributed by atoms with Crippen LogP contribution in [0.1, 0.15) is 17.2 Å². The zero-order chi connectivity index (χ0) is 14.4. The highest BCUT2D eigenvalue weighted by Crippen LogP contribution is 2.27. The molecule has 1 atom stereocenters. The minimum atomic E-state index is -0.158. The van der Waals surface area contributed by atoms with Crippen molar-refractivity contribution in [2.75, 3.05) is 13.7 Å². The fourth-order valence-electron chi connectivity index (χ4n) is 1.93. The van der Waals surface area contributed by atoms with Gasteiger partial charge in [0.25, 0.3) is 0 Å². The molecule has 2 aromatic rings. The second-order valence-corrected chi connectivity index (χ2v) is 5.47. The lowest BCUT2D eigenvalue weighted by molar-refractivity contribution is 0.108. The standard InChI is InChI=1S/C17H15IO2/c1-3-12-20-17(13-4-8-15(18)9-5-13)14-6-10-16(19-2)11-7-14/h1,4-11,17H,12H2,2H3. The second kappa shape index (κ2) is 7.32. The lowest BCUT2D eigenvalue weighted by atomic mass is 10.0. The van der Waals surface area contributed by atoms with Gasteiger partial charge < -0.3 is 9.47 Å². The smallest absolute Gasteiger partial charge is 0.118 e. The third-order valence-electron chi connectivity index (χ3n) is 2.92. The van der Waals surface area contributed by atoms with Crippen LogP contribution in [0.5, 0.6) is 5.75 Å². The van der Waals surface area contributed by atoms with Crippen LogP contribution in [0.2, 0.25) is 0 Å². The van der Waals surface area contributed by atoms with Gasteiger partial charge in [-0.05, 0) is 58.0 Å². The number of rotatable bonds is 5. The van der Waals surface area contributed by atoms with E-state index in [1.54, 1.807) is 7.11 Å². The summed E-state index contributed by atoms with van der Waals surface area (Å²) in [6, 6.07) is 16.1. The monoisotopic (exact) mass is 378 g/mol. The predicted octanol–water partition coefficient (Wildman–Crippen LogP) is 4.04. The van der Waals surface area contributed by atoms with Gasteiger partial charge in [-0.25, -0.2) is 0 Å². The fourth-order valence-corrected chi connectivity index (χ4v) is 2.29. The van der Waals surface area contributed by atoms with Gasteiger partial charge in [-0.1, -0.05) is 30.2 Å². The average molecular weight is 378 g/mol. The maximum Gasteiger partial charge on any atom is 0.118 e. The molecule has 0 aliphatic carbocycles. The van der Waals surface area contributed by atoms with Crippen molar-refractivity contribution in [1.29, 1.82) is 0 Å². The molecule has 1 unspecified atom stereocenters. The van der Waals surface area contributed by atoms with E-state index in [9.17, 15) is 0 Å². The molecule has 2 aromatic carbocycles. The number of hydrogen-bond acceptors (Lipinski definition) is 2. The Bertz CT molecular complexity index is 582. The highest BCUT2D eigenvalue weighted by Gasteiger charge is 2.14. The Morgan fingerprint density at radius 3 is 2.10 bits per heavy atom. The molecule has 2 rings (SSSR count). The fraction of sp³-hybridized carbons (Fsp3) is 0.176. The van der Waals surface area contributed by atoms with E-state index in [1.807, 2.05) is 24.3 Å². The Morgan fingerprint density at radius 2 is 1.60 bits per heavy atom. The molecular weight excluding hydrogens is 363 g/mol. The summed E-state index contributed by atoms with van der Waals surface area (Å²) in [7, 11) is 1.65. The van der Waals surface area contributed by atoms with Gasteiger partial charge in [-0.2, -0.15) is 0 Å². The molecule has 0 N–H and O–H groups in total. The summed E-state index contributed by atoms with van der Waals surface area (Å²) in [6.07, 6.45) is 5.15. The molecule has 20 heavy (non-hydrogen) atoms. The van der Waals surface area contributed by atoms with Crippen molar-refractivity contribution in [2.45, 2.75) is 6.10 Å². The van der Waals surface area contributed by atoms with E-state index >= 15 is 0 Å². The van der Waals surface area contributed by atoms with Gasteiger partial charge in [0, 0.05) is 3.57 Å². The van der Waals surface area contributed by atoms with Crippen molar-refractivity contribution in [3.05, 3.63) is 63.2 Å². The van der Waals surface area contributed by atoms with Crippen molar-refractivity contribution in [3.63, 3.8) is 0 Å². The summed E-state index contributed by atoms with van der Waals surface area (Å²) in [5, 5.41) is 0. The lowest BCUT2D eigenvalue weighted by Gasteiger charge is -2.18. The van der Waals surface area contributed by atoms with E-state index in [2.05, 4.69) is 52.8 Å². The summed E-state index contributed by atoms with van der Waals surface area (Å²) < 4.78 is 12.2. The highest BCUT2D eigenvalue weighted by molar-refractivity contribution is 14.1. The molecule has 102 valence electrons. The molecule has 0 aromatic heterocycles. The summed E-state index contributed by atoms with van der Waals surface area (Å²) in [5.41, 5.74) is 2.15. The van der Waals surface area contributed by atoms with Crippen LogP contribution in [0.25, 0.3) is 0 Å². The molecule has 2 nitrogen and oxygen atoms in total. The first-order valence-corrected chi connectivity index (χ1v) is 7.27. The first-order chi connectivity index (χ1) is 9.74. The minimum Gasteiger partial charge on any atom is -0.497 e. The van der Waals surface area contributed by atoms with E-state index in [4.69, 9.17) is 15.9 Å². The topological polar surface area (TPSA) is 18.5 Å². The maximum absolute atomic E-state index is 5.80. The highest BCUT2D eigenvalue weighted by atomic mass is 127. The van der Waals surface area contributed by atoms with Crippen LogP contribution < -0.4 is 4.74 Å². The summed E-state index contributed by atoms with van der Waals surface area (Å²) in [5.74, 6) is 3.35. The van der Waals surface area contributed by atoms with Gasteiger partial charge in [0.15, 0.2) is 0 Å². The summed E-state index contributed by atoms with van der Waals surface area (Å²) in [4.78, 5) is 0. The molecule has 0 heterocycles. The normalized spacial score (nSPS) is 11.7. The van der Waals surface area contributed by atoms with Crippen LogP contribution >= 0.6 is 22.6 Å². The molecule has 0 fully saturated rings. The van der Waals surface area contributed by atoms with Gasteiger partial charge >= 0.3 is 0 Å². The third-order valence-corrected chi connectivity index (χ3v) is 3.64. The number of terminal acetylenes is 1. The molecule has 0 saturated carbocycles. The molecule has 0 bridgehead atoms. The molecule has 0 spiro atoms. The first-order valence-electron chi connectivity index (χ1n) is 6.19. The van der Waals surface area contributed by atoms with Crippen LogP contribution in [0.4, 0.5) is 0 Å². The van der Waals surface area contributed by atoms with E-state index in [-0.39, 0.29) is 12.7 Å². The van der Waals surface area contributed by atoms with Crippen LogP contribution in [0.3, 0.4) is 0 Å². The molecule has 0 aliphatic rings. The number of hydrogen-bond donors (Lipinski definition) is 0. The molecule has 3 heteroatoms. The molecule has 0 saturated heterocycles.